The zero-order chi connectivity index (χ0) is 4.95. The predicted octanol–water partition coefficient (Wildman–Crippen LogP) is 0.0799. The highest BCUT2D eigenvalue weighted by molar-refractivity contribution is 6.17. The monoisotopic (exact) mass is 100 g/mol. The third kappa shape index (κ3) is 1.95. The number of hydrogen-bond donors (Lipinski definition) is 0. The molecule has 1 rings (SSSR count). The van der Waals surface area contributed by atoms with Gasteiger partial charge in [0.1, 0.15) is 0 Å². The van der Waals surface area contributed by atoms with Gasteiger partial charge in [-0.25, -0.2) is 0 Å². The molecule has 0 unspecified atom stereocenters. The summed E-state index contributed by atoms with van der Waals surface area (Å²) in [7, 11) is 0.500. The van der Waals surface area contributed by atoms with Crippen molar-refractivity contribution in [3.63, 3.8) is 0 Å². The van der Waals surface area contributed by atoms with Crippen molar-refractivity contribution in [1.82, 2.24) is 0 Å². The van der Waals surface area contributed by atoms with Crippen molar-refractivity contribution in [1.29, 1.82) is 0 Å². The second-order valence-electron chi connectivity index (χ2n) is 1.64. The van der Waals surface area contributed by atoms with E-state index in [2.05, 4.69) is 0 Å². The van der Waals surface area contributed by atoms with Crippen molar-refractivity contribution in [2.75, 3.05) is 13.2 Å². The van der Waals surface area contributed by atoms with E-state index >= 15 is 0 Å². The van der Waals surface area contributed by atoms with Crippen molar-refractivity contribution in [2.24, 2.45) is 0 Å². The highest BCUT2D eigenvalue weighted by Crippen LogP contribution is 1.94. The van der Waals surface area contributed by atoms with Gasteiger partial charge in [-0.05, 0) is 12.8 Å². The topological polar surface area (TPSA) is 18.5 Å². The van der Waals surface area contributed by atoms with E-state index in [9.17, 15) is 0 Å². The zero-order valence-corrected chi connectivity index (χ0v) is 4.35. The first kappa shape index (κ1) is 5.13. The molecule has 1 heterocycles. The predicted molar refractivity (Wildman–Crippen MR) is 28.3 cm³/mol. The molecule has 1 aliphatic heterocycles. The Morgan fingerprint density at radius 1 is 1.00 bits per heavy atom. The minimum Gasteiger partial charge on any atom is -0.414 e. The first-order valence-corrected chi connectivity index (χ1v) is 2.65. The lowest BCUT2D eigenvalue weighted by Crippen LogP contribution is -1.99. The molecule has 0 bridgehead atoms. The third-order valence-electron chi connectivity index (χ3n) is 0.994. The Balaban J connectivity index is 2.04. The summed E-state index contributed by atoms with van der Waals surface area (Å²) in [5.41, 5.74) is 0. The fraction of sp³-hybridized carbons (Fsp3) is 1.00. The molecular formula is C4H9BO2. The first-order chi connectivity index (χ1) is 3.50. The summed E-state index contributed by atoms with van der Waals surface area (Å²) < 4.78 is 9.94. The van der Waals surface area contributed by atoms with Crippen molar-refractivity contribution < 1.29 is 9.31 Å². The first-order valence-electron chi connectivity index (χ1n) is 2.65. The van der Waals surface area contributed by atoms with Crippen molar-refractivity contribution in [3.8, 4) is 0 Å². The summed E-state index contributed by atoms with van der Waals surface area (Å²) >= 11 is 0. The van der Waals surface area contributed by atoms with Gasteiger partial charge in [0.15, 0.2) is 0 Å². The summed E-state index contributed by atoms with van der Waals surface area (Å²) in [4.78, 5) is 0. The van der Waals surface area contributed by atoms with Crippen LogP contribution in [0.25, 0.3) is 0 Å². The van der Waals surface area contributed by atoms with Crippen LogP contribution in [0.4, 0.5) is 0 Å². The van der Waals surface area contributed by atoms with E-state index in [1.165, 1.54) is 0 Å². The van der Waals surface area contributed by atoms with Gasteiger partial charge in [0, 0.05) is 13.2 Å². The van der Waals surface area contributed by atoms with E-state index in [0.29, 0.717) is 7.69 Å². The van der Waals surface area contributed by atoms with Crippen LogP contribution < -0.4 is 0 Å². The van der Waals surface area contributed by atoms with Crippen LogP contribution >= 0.6 is 0 Å². The molecule has 0 spiro atoms. The molecular weight excluding hydrogens is 90.9 g/mol. The molecule has 1 fully saturated rings. The third-order valence-corrected chi connectivity index (χ3v) is 0.994. The molecule has 0 aliphatic carbocycles. The van der Waals surface area contributed by atoms with Gasteiger partial charge in [-0.15, -0.1) is 0 Å². The largest absolute Gasteiger partial charge is 0.438 e. The summed E-state index contributed by atoms with van der Waals surface area (Å²) in [6.07, 6.45) is 2.31. The van der Waals surface area contributed by atoms with Crippen LogP contribution in [-0.4, -0.2) is 20.9 Å². The summed E-state index contributed by atoms with van der Waals surface area (Å²) in [5.74, 6) is 0. The average molecular weight is 99.9 g/mol. The molecule has 0 aromatic rings. The quantitative estimate of drug-likeness (QED) is 0.401. The van der Waals surface area contributed by atoms with Crippen LogP contribution in [0.1, 0.15) is 12.8 Å². The fourth-order valence-corrected chi connectivity index (χ4v) is 0.585. The average Bonchev–Trinajstić information content (AvgIpc) is 1.90. The molecule has 0 aromatic carbocycles. The Kier molecular flexibility index (Phi) is 2.23. The maximum atomic E-state index is 4.97. The zero-order valence-electron chi connectivity index (χ0n) is 4.35. The maximum Gasteiger partial charge on any atom is 0.438 e. The second-order valence-corrected chi connectivity index (χ2v) is 1.64. The minimum absolute atomic E-state index is 0.500. The van der Waals surface area contributed by atoms with Crippen LogP contribution in [0.3, 0.4) is 0 Å². The van der Waals surface area contributed by atoms with Crippen LogP contribution in [0.2, 0.25) is 0 Å². The minimum atomic E-state index is 0.500. The molecule has 0 aromatic heterocycles. The van der Waals surface area contributed by atoms with Gasteiger partial charge in [0.25, 0.3) is 0 Å². The number of hydrogen-bond acceptors (Lipinski definition) is 2. The maximum absolute atomic E-state index is 4.97. The van der Waals surface area contributed by atoms with E-state index in [-0.39, 0.29) is 0 Å². The molecule has 0 radical (unpaired) electrons. The van der Waals surface area contributed by atoms with E-state index < -0.39 is 0 Å². The SMILES string of the molecule is B1OCCCCO1. The normalized spacial score (nSPS) is 22.9. The molecule has 0 atom stereocenters. The molecule has 1 saturated heterocycles. The molecule has 40 valence electrons. The Hall–Kier alpha value is -0.0151. The van der Waals surface area contributed by atoms with Crippen LogP contribution in [-0.2, 0) is 9.31 Å². The lowest BCUT2D eigenvalue weighted by molar-refractivity contribution is 0.263. The Morgan fingerprint density at radius 2 is 1.57 bits per heavy atom. The van der Waals surface area contributed by atoms with Gasteiger partial charge < -0.3 is 9.31 Å². The lowest BCUT2D eigenvalue weighted by atomic mass is 10.3. The van der Waals surface area contributed by atoms with Crippen LogP contribution in [0.5, 0.6) is 0 Å². The van der Waals surface area contributed by atoms with Gasteiger partial charge >= 0.3 is 7.69 Å². The molecule has 1 aliphatic rings. The lowest BCUT2D eigenvalue weighted by Gasteiger charge is -1.90. The van der Waals surface area contributed by atoms with E-state index in [0.717, 1.165) is 26.1 Å². The summed E-state index contributed by atoms with van der Waals surface area (Å²) in [5, 5.41) is 0. The highest BCUT2D eigenvalue weighted by atomic mass is 16.6. The second kappa shape index (κ2) is 3.05. The number of rotatable bonds is 0. The van der Waals surface area contributed by atoms with Crippen LogP contribution in [0.15, 0.2) is 0 Å². The molecule has 2 nitrogen and oxygen atoms in total. The van der Waals surface area contributed by atoms with Crippen molar-refractivity contribution >= 4 is 7.69 Å². The Morgan fingerprint density at radius 3 is 2.14 bits per heavy atom. The van der Waals surface area contributed by atoms with Gasteiger partial charge in [0.05, 0.1) is 0 Å². The van der Waals surface area contributed by atoms with Crippen molar-refractivity contribution in [2.45, 2.75) is 12.8 Å². The molecule has 7 heavy (non-hydrogen) atoms. The van der Waals surface area contributed by atoms with Gasteiger partial charge in [-0.2, -0.15) is 0 Å². The highest BCUT2D eigenvalue weighted by Gasteiger charge is 1.97. The van der Waals surface area contributed by atoms with Gasteiger partial charge in [-0.3, -0.25) is 0 Å². The Labute approximate surface area is 44.1 Å². The van der Waals surface area contributed by atoms with Crippen LogP contribution in [0, 0.1) is 0 Å². The molecule has 0 N–H and O–H groups in total. The summed E-state index contributed by atoms with van der Waals surface area (Å²) in [6.45, 7) is 1.75. The fourth-order valence-electron chi connectivity index (χ4n) is 0.585. The summed E-state index contributed by atoms with van der Waals surface area (Å²) in [6, 6.07) is 0. The molecule has 0 saturated carbocycles. The smallest absolute Gasteiger partial charge is 0.414 e. The van der Waals surface area contributed by atoms with Crippen molar-refractivity contribution in [3.05, 3.63) is 0 Å². The van der Waals surface area contributed by atoms with E-state index in [4.69, 9.17) is 9.31 Å². The molecule has 0 amide bonds. The van der Waals surface area contributed by atoms with E-state index in [1.54, 1.807) is 0 Å². The van der Waals surface area contributed by atoms with Gasteiger partial charge in [-0.1, -0.05) is 0 Å². The van der Waals surface area contributed by atoms with Gasteiger partial charge in [0.2, 0.25) is 0 Å². The Bertz CT molecular complexity index is 29.3. The van der Waals surface area contributed by atoms with E-state index in [1.807, 2.05) is 0 Å². The molecule has 3 heteroatoms. The standard InChI is InChI=1S/C4H9BO2/c1-2-4-7-5-6-3-1/h5H,1-4H2.